The highest BCUT2D eigenvalue weighted by molar-refractivity contribution is 5.67. The van der Waals surface area contributed by atoms with Gasteiger partial charge in [-0.3, -0.25) is 0 Å². The predicted octanol–water partition coefficient (Wildman–Crippen LogP) is 2.85. The first kappa shape index (κ1) is 13.6. The second kappa shape index (κ2) is 5.89. The van der Waals surface area contributed by atoms with Crippen LogP contribution in [-0.2, 0) is 0 Å². The van der Waals surface area contributed by atoms with Gasteiger partial charge in [0.05, 0.1) is 19.0 Å². The topological polar surface area (TPSA) is 63.9 Å². The highest BCUT2D eigenvalue weighted by Gasteiger charge is 2.14. The van der Waals surface area contributed by atoms with Gasteiger partial charge in [-0.25, -0.2) is 4.98 Å². The van der Waals surface area contributed by atoms with Crippen molar-refractivity contribution in [1.29, 1.82) is 0 Å². The van der Waals surface area contributed by atoms with E-state index in [4.69, 9.17) is 10.5 Å². The van der Waals surface area contributed by atoms with E-state index in [2.05, 4.69) is 29.9 Å². The molecule has 0 bridgehead atoms. The number of aryl methyl sites for hydroxylation is 1. The molecule has 1 aromatic heterocycles. The molecule has 2 aromatic rings. The van der Waals surface area contributed by atoms with Crippen LogP contribution in [-0.4, -0.2) is 23.6 Å². The zero-order chi connectivity index (χ0) is 13.8. The number of rotatable bonds is 5. The fourth-order valence-electron chi connectivity index (χ4n) is 2.18. The highest BCUT2D eigenvalue weighted by atomic mass is 16.5. The van der Waals surface area contributed by atoms with E-state index in [1.807, 2.05) is 18.3 Å². The summed E-state index contributed by atoms with van der Waals surface area (Å²) in [5.41, 5.74) is 8.96. The first-order chi connectivity index (χ1) is 9.19. The third kappa shape index (κ3) is 2.79. The van der Waals surface area contributed by atoms with E-state index in [1.165, 1.54) is 5.56 Å². The molecule has 0 amide bonds. The maximum Gasteiger partial charge on any atom is 0.128 e. The number of methoxy groups -OCH3 is 1. The van der Waals surface area contributed by atoms with Crippen LogP contribution >= 0.6 is 0 Å². The first-order valence-corrected chi connectivity index (χ1v) is 6.59. The second-order valence-corrected chi connectivity index (χ2v) is 4.73. The number of ether oxygens (including phenoxy) is 1. The van der Waals surface area contributed by atoms with Gasteiger partial charge in [0.15, 0.2) is 0 Å². The summed E-state index contributed by atoms with van der Waals surface area (Å²) >= 11 is 0. The van der Waals surface area contributed by atoms with E-state index >= 15 is 0 Å². The van der Waals surface area contributed by atoms with Gasteiger partial charge in [-0.1, -0.05) is 18.6 Å². The summed E-state index contributed by atoms with van der Waals surface area (Å²) in [5.74, 6) is 2.08. The number of nitrogens with one attached hydrogen (secondary N) is 1. The monoisotopic (exact) mass is 259 g/mol. The summed E-state index contributed by atoms with van der Waals surface area (Å²) in [5, 5.41) is 0. The number of hydrogen-bond acceptors (Lipinski definition) is 3. The largest absolute Gasteiger partial charge is 0.496 e. The maximum absolute atomic E-state index is 5.76. The molecule has 1 unspecified atom stereocenters. The van der Waals surface area contributed by atoms with Crippen LogP contribution in [0, 0.1) is 6.92 Å². The molecule has 3 N–H and O–H groups in total. The molecule has 2 rings (SSSR count). The molecule has 0 aliphatic heterocycles. The molecule has 0 radical (unpaired) electrons. The summed E-state index contributed by atoms with van der Waals surface area (Å²) < 4.78 is 5.40. The molecule has 19 heavy (non-hydrogen) atoms. The molecule has 1 aromatic carbocycles. The van der Waals surface area contributed by atoms with E-state index in [-0.39, 0.29) is 5.92 Å². The van der Waals surface area contributed by atoms with Crippen LogP contribution in [0.3, 0.4) is 0 Å². The molecule has 0 fully saturated rings. The van der Waals surface area contributed by atoms with Crippen molar-refractivity contribution in [3.05, 3.63) is 35.8 Å². The smallest absolute Gasteiger partial charge is 0.128 e. The maximum atomic E-state index is 5.76. The molecule has 0 saturated heterocycles. The summed E-state index contributed by atoms with van der Waals surface area (Å²) in [7, 11) is 1.68. The lowest BCUT2D eigenvalue weighted by Crippen LogP contribution is -2.12. The minimum Gasteiger partial charge on any atom is -0.496 e. The molecule has 1 atom stereocenters. The van der Waals surface area contributed by atoms with Crippen LogP contribution in [0.25, 0.3) is 11.3 Å². The molecule has 4 heteroatoms. The van der Waals surface area contributed by atoms with Gasteiger partial charge in [0.25, 0.3) is 0 Å². The summed E-state index contributed by atoms with van der Waals surface area (Å²) in [6, 6.07) is 6.11. The number of aromatic amines is 1. The van der Waals surface area contributed by atoms with Gasteiger partial charge >= 0.3 is 0 Å². The van der Waals surface area contributed by atoms with Gasteiger partial charge in [-0.15, -0.1) is 0 Å². The normalized spacial score (nSPS) is 12.4. The molecular weight excluding hydrogens is 238 g/mol. The lowest BCUT2D eigenvalue weighted by atomic mass is 10.1. The van der Waals surface area contributed by atoms with Crippen LogP contribution in [0.1, 0.15) is 30.7 Å². The summed E-state index contributed by atoms with van der Waals surface area (Å²) in [6.07, 6.45) is 2.83. The Morgan fingerprint density at radius 3 is 2.84 bits per heavy atom. The van der Waals surface area contributed by atoms with Crippen molar-refractivity contribution in [2.75, 3.05) is 13.7 Å². The number of nitrogens with zero attached hydrogens (tertiary/aromatic N) is 1. The van der Waals surface area contributed by atoms with Crippen LogP contribution < -0.4 is 10.5 Å². The van der Waals surface area contributed by atoms with Crippen molar-refractivity contribution >= 4 is 0 Å². The third-order valence-electron chi connectivity index (χ3n) is 3.40. The minimum atomic E-state index is 0.282. The Labute approximate surface area is 114 Å². The molecule has 0 aliphatic rings. The van der Waals surface area contributed by atoms with E-state index < -0.39 is 0 Å². The van der Waals surface area contributed by atoms with Gasteiger partial charge in [0, 0.05) is 18.0 Å². The Hall–Kier alpha value is -1.81. The number of benzene rings is 1. The number of aromatic nitrogens is 2. The molecule has 4 nitrogen and oxygen atoms in total. The fraction of sp³-hybridized carbons (Fsp3) is 0.400. The SMILES string of the molecule is CCC(CN)c1ncc(-c2cc(C)ccc2OC)[nH]1. The van der Waals surface area contributed by atoms with Crippen LogP contribution in [0.15, 0.2) is 24.4 Å². The molecular formula is C15H21N3O. The molecule has 0 saturated carbocycles. The molecule has 102 valence electrons. The Morgan fingerprint density at radius 2 is 2.21 bits per heavy atom. The lowest BCUT2D eigenvalue weighted by Gasteiger charge is -2.09. The Balaban J connectivity index is 2.40. The van der Waals surface area contributed by atoms with Crippen LogP contribution in [0.5, 0.6) is 5.75 Å². The van der Waals surface area contributed by atoms with Crippen LogP contribution in [0.4, 0.5) is 0 Å². The Bertz CT molecular complexity index is 544. The minimum absolute atomic E-state index is 0.282. The van der Waals surface area contributed by atoms with Gasteiger partial charge in [0.2, 0.25) is 0 Å². The summed E-state index contributed by atoms with van der Waals surface area (Å²) in [6.45, 7) is 4.79. The third-order valence-corrected chi connectivity index (χ3v) is 3.40. The first-order valence-electron chi connectivity index (χ1n) is 6.59. The summed E-state index contributed by atoms with van der Waals surface area (Å²) in [4.78, 5) is 7.81. The van der Waals surface area contributed by atoms with Crippen molar-refractivity contribution in [3.8, 4) is 17.0 Å². The van der Waals surface area contributed by atoms with Crippen molar-refractivity contribution in [3.63, 3.8) is 0 Å². The molecule has 0 spiro atoms. The van der Waals surface area contributed by atoms with Crippen molar-refractivity contribution in [2.45, 2.75) is 26.2 Å². The predicted molar refractivity (Wildman–Crippen MR) is 77.4 cm³/mol. The van der Waals surface area contributed by atoms with E-state index in [1.54, 1.807) is 7.11 Å². The zero-order valence-corrected chi connectivity index (χ0v) is 11.7. The second-order valence-electron chi connectivity index (χ2n) is 4.73. The van der Waals surface area contributed by atoms with Gasteiger partial charge in [-0.2, -0.15) is 0 Å². The Kier molecular flexibility index (Phi) is 4.22. The number of hydrogen-bond donors (Lipinski definition) is 2. The van der Waals surface area contributed by atoms with Crippen LogP contribution in [0.2, 0.25) is 0 Å². The fourth-order valence-corrected chi connectivity index (χ4v) is 2.18. The van der Waals surface area contributed by atoms with E-state index in [0.29, 0.717) is 6.54 Å². The lowest BCUT2D eigenvalue weighted by molar-refractivity contribution is 0.416. The standard InChI is InChI=1S/C15H21N3O/c1-4-11(8-16)15-17-9-13(18-15)12-7-10(2)5-6-14(12)19-3/h5-7,9,11H,4,8,16H2,1-3H3,(H,17,18). The quantitative estimate of drug-likeness (QED) is 0.867. The van der Waals surface area contributed by atoms with Crippen molar-refractivity contribution in [1.82, 2.24) is 9.97 Å². The van der Waals surface area contributed by atoms with Gasteiger partial charge in [-0.05, 0) is 25.5 Å². The Morgan fingerprint density at radius 1 is 1.42 bits per heavy atom. The van der Waals surface area contributed by atoms with Gasteiger partial charge in [0.1, 0.15) is 11.6 Å². The molecule has 0 aliphatic carbocycles. The average Bonchev–Trinajstić information content (AvgIpc) is 2.89. The average molecular weight is 259 g/mol. The number of H-pyrrole nitrogens is 1. The number of imidazole rings is 1. The highest BCUT2D eigenvalue weighted by Crippen LogP contribution is 2.30. The molecule has 1 heterocycles. The zero-order valence-electron chi connectivity index (χ0n) is 11.7. The van der Waals surface area contributed by atoms with E-state index in [0.717, 1.165) is 29.3 Å². The van der Waals surface area contributed by atoms with Crippen molar-refractivity contribution in [2.24, 2.45) is 5.73 Å². The van der Waals surface area contributed by atoms with Crippen molar-refractivity contribution < 1.29 is 4.74 Å². The number of nitrogens with two attached hydrogens (primary N) is 1. The van der Waals surface area contributed by atoms with E-state index in [9.17, 15) is 0 Å². The van der Waals surface area contributed by atoms with Gasteiger partial charge < -0.3 is 15.5 Å².